The normalized spacial score (nSPS) is 9.89. The number of hydrazine groups is 1. The number of ether oxygens (including phenoxy) is 1. The molecule has 2 rings (SSSR count). The molecule has 2 aromatic rings. The van der Waals surface area contributed by atoms with Crippen LogP contribution in [0.15, 0.2) is 48.5 Å². The minimum absolute atomic E-state index is 0.0270. The third kappa shape index (κ3) is 6.25. The average Bonchev–Trinajstić information content (AvgIpc) is 2.69. The molecule has 146 valence electrons. The lowest BCUT2D eigenvalue weighted by molar-refractivity contribution is -0.384. The molecule has 0 saturated heterocycles. The Kier molecular flexibility index (Phi) is 7.28. The van der Waals surface area contributed by atoms with Crippen molar-refractivity contribution in [3.05, 3.63) is 69.2 Å². The van der Waals surface area contributed by atoms with Crippen LogP contribution in [0.5, 0.6) is 5.75 Å². The van der Waals surface area contributed by atoms with Gasteiger partial charge in [0.2, 0.25) is 0 Å². The van der Waals surface area contributed by atoms with Crippen molar-refractivity contribution in [2.24, 2.45) is 0 Å². The van der Waals surface area contributed by atoms with Gasteiger partial charge in [-0.1, -0.05) is 29.8 Å². The van der Waals surface area contributed by atoms with E-state index in [1.54, 1.807) is 24.3 Å². The summed E-state index contributed by atoms with van der Waals surface area (Å²) >= 11 is 5.88. The van der Waals surface area contributed by atoms with E-state index in [1.165, 1.54) is 18.2 Å². The second kappa shape index (κ2) is 9.88. The number of carbonyl (C=O) groups is 3. The van der Waals surface area contributed by atoms with Crippen LogP contribution in [-0.4, -0.2) is 35.8 Å². The molecule has 0 atom stereocenters. The van der Waals surface area contributed by atoms with Crippen molar-refractivity contribution in [1.82, 2.24) is 16.2 Å². The molecule has 3 N–H and O–H groups in total. The van der Waals surface area contributed by atoms with E-state index >= 15 is 0 Å². The predicted octanol–water partition coefficient (Wildman–Crippen LogP) is 1.20. The topological polar surface area (TPSA) is 140 Å². The number of rotatable bonds is 7. The maximum Gasteiger partial charge on any atom is 0.276 e. The zero-order chi connectivity index (χ0) is 20.5. The van der Waals surface area contributed by atoms with Gasteiger partial charge < -0.3 is 10.1 Å². The third-order valence-corrected chi connectivity index (χ3v) is 3.58. The Labute approximate surface area is 163 Å². The molecule has 0 unspecified atom stereocenters. The number of halogens is 1. The number of hydrogen-bond acceptors (Lipinski definition) is 6. The maximum atomic E-state index is 11.9. The van der Waals surface area contributed by atoms with Gasteiger partial charge in [0, 0.05) is 17.7 Å². The monoisotopic (exact) mass is 406 g/mol. The second-order valence-electron chi connectivity index (χ2n) is 5.31. The van der Waals surface area contributed by atoms with Gasteiger partial charge in [0.25, 0.3) is 23.4 Å². The molecular weight excluding hydrogens is 392 g/mol. The molecule has 0 aliphatic carbocycles. The first kappa shape index (κ1) is 20.6. The molecule has 11 heteroatoms. The highest BCUT2D eigenvalue weighted by Gasteiger charge is 2.13. The molecule has 3 amide bonds. The molecule has 0 heterocycles. The fraction of sp³-hybridized carbons (Fsp3) is 0.118. The molecule has 0 fully saturated rings. The number of carbonyl (C=O) groups excluding carboxylic acids is 3. The van der Waals surface area contributed by atoms with Crippen molar-refractivity contribution in [3.8, 4) is 5.75 Å². The summed E-state index contributed by atoms with van der Waals surface area (Å²) in [4.78, 5) is 45.3. The number of nitro groups is 1. The molecule has 0 aliphatic rings. The Hall–Kier alpha value is -3.66. The Morgan fingerprint density at radius 2 is 1.75 bits per heavy atom. The van der Waals surface area contributed by atoms with Crippen LogP contribution in [0, 0.1) is 10.1 Å². The fourth-order valence-electron chi connectivity index (χ4n) is 1.95. The van der Waals surface area contributed by atoms with E-state index in [2.05, 4.69) is 16.2 Å². The number of hydrogen-bond donors (Lipinski definition) is 3. The van der Waals surface area contributed by atoms with Crippen molar-refractivity contribution in [3.63, 3.8) is 0 Å². The molecule has 0 aromatic heterocycles. The van der Waals surface area contributed by atoms with E-state index in [0.29, 0.717) is 10.8 Å². The van der Waals surface area contributed by atoms with E-state index in [-0.39, 0.29) is 17.9 Å². The van der Waals surface area contributed by atoms with Gasteiger partial charge in [-0.25, -0.2) is 0 Å². The molecule has 2 aromatic carbocycles. The minimum atomic E-state index is -0.704. The quantitative estimate of drug-likeness (QED) is 0.466. The molecule has 0 saturated carbocycles. The Morgan fingerprint density at radius 1 is 1.04 bits per heavy atom. The Balaban J connectivity index is 1.73. The summed E-state index contributed by atoms with van der Waals surface area (Å²) in [5.74, 6) is -1.70. The van der Waals surface area contributed by atoms with E-state index in [4.69, 9.17) is 16.3 Å². The highest BCUT2D eigenvalue weighted by Crippen LogP contribution is 2.22. The number of nitrogens with zero attached hydrogens (tertiary/aromatic N) is 1. The number of benzene rings is 2. The lowest BCUT2D eigenvalue weighted by Crippen LogP contribution is -2.47. The summed E-state index contributed by atoms with van der Waals surface area (Å²) in [7, 11) is 0. The van der Waals surface area contributed by atoms with Crippen LogP contribution >= 0.6 is 11.6 Å². The molecule has 0 radical (unpaired) electrons. The van der Waals surface area contributed by atoms with Gasteiger partial charge in [0.05, 0.1) is 16.5 Å². The van der Waals surface area contributed by atoms with Crippen LogP contribution in [0.1, 0.15) is 10.4 Å². The molecule has 10 nitrogen and oxygen atoms in total. The van der Waals surface area contributed by atoms with Gasteiger partial charge in [-0.2, -0.15) is 0 Å². The highest BCUT2D eigenvalue weighted by molar-refractivity contribution is 6.32. The van der Waals surface area contributed by atoms with Gasteiger partial charge in [0.15, 0.2) is 6.61 Å². The van der Waals surface area contributed by atoms with Crippen LogP contribution in [0.25, 0.3) is 0 Å². The van der Waals surface area contributed by atoms with Crippen molar-refractivity contribution >= 4 is 35.0 Å². The van der Waals surface area contributed by atoms with Crippen LogP contribution < -0.4 is 20.9 Å². The van der Waals surface area contributed by atoms with Gasteiger partial charge in [-0.15, -0.1) is 0 Å². The third-order valence-electron chi connectivity index (χ3n) is 3.27. The smallest absolute Gasteiger partial charge is 0.276 e. The molecule has 0 bridgehead atoms. The van der Waals surface area contributed by atoms with E-state index in [9.17, 15) is 24.5 Å². The molecule has 0 spiro atoms. The van der Waals surface area contributed by atoms with E-state index < -0.39 is 29.2 Å². The van der Waals surface area contributed by atoms with Crippen molar-refractivity contribution < 1.29 is 24.0 Å². The number of nitro benzene ring substituents is 1. The summed E-state index contributed by atoms with van der Waals surface area (Å²) in [5, 5.41) is 13.3. The average molecular weight is 407 g/mol. The zero-order valence-electron chi connectivity index (χ0n) is 14.3. The summed E-state index contributed by atoms with van der Waals surface area (Å²) < 4.78 is 5.20. The summed E-state index contributed by atoms with van der Waals surface area (Å²) in [6.45, 7) is -0.836. The molecule has 0 aliphatic heterocycles. The Morgan fingerprint density at radius 3 is 2.46 bits per heavy atom. The van der Waals surface area contributed by atoms with Crippen LogP contribution in [0.2, 0.25) is 5.02 Å². The Bertz CT molecular complexity index is 905. The van der Waals surface area contributed by atoms with Crippen molar-refractivity contribution in [2.75, 3.05) is 13.2 Å². The van der Waals surface area contributed by atoms with Gasteiger partial charge >= 0.3 is 0 Å². The fourth-order valence-corrected chi connectivity index (χ4v) is 2.14. The SMILES string of the molecule is O=C(CNC(=O)c1cccc([N+](=O)[O-])c1)NNC(=O)COc1ccccc1Cl. The van der Waals surface area contributed by atoms with Crippen LogP contribution in [-0.2, 0) is 9.59 Å². The maximum absolute atomic E-state index is 11.9. The lowest BCUT2D eigenvalue weighted by Gasteiger charge is -2.10. The van der Waals surface area contributed by atoms with Gasteiger partial charge in [-0.05, 0) is 18.2 Å². The number of para-hydroxylation sites is 1. The summed E-state index contributed by atoms with van der Waals surface area (Å²) in [5.41, 5.74) is 3.99. The van der Waals surface area contributed by atoms with Crippen LogP contribution in [0.4, 0.5) is 5.69 Å². The minimum Gasteiger partial charge on any atom is -0.482 e. The van der Waals surface area contributed by atoms with E-state index in [0.717, 1.165) is 6.07 Å². The lowest BCUT2D eigenvalue weighted by atomic mass is 10.2. The zero-order valence-corrected chi connectivity index (χ0v) is 15.1. The first-order chi connectivity index (χ1) is 13.4. The van der Waals surface area contributed by atoms with Crippen molar-refractivity contribution in [2.45, 2.75) is 0 Å². The standard InChI is InChI=1S/C17H15ClN4O6/c18-13-6-1-2-7-14(13)28-10-16(24)21-20-15(23)9-19-17(25)11-4-3-5-12(8-11)22(26)27/h1-8H,9-10H2,(H,19,25)(H,20,23)(H,21,24). The number of non-ortho nitro benzene ring substituents is 1. The predicted molar refractivity (Wildman–Crippen MR) is 98.7 cm³/mol. The van der Waals surface area contributed by atoms with Gasteiger partial charge in [-0.3, -0.25) is 35.3 Å². The number of nitrogens with one attached hydrogen (secondary N) is 3. The van der Waals surface area contributed by atoms with Crippen molar-refractivity contribution in [1.29, 1.82) is 0 Å². The van der Waals surface area contributed by atoms with Crippen LogP contribution in [0.3, 0.4) is 0 Å². The first-order valence-corrected chi connectivity index (χ1v) is 8.22. The summed E-state index contributed by atoms with van der Waals surface area (Å²) in [6.07, 6.45) is 0. The molecular formula is C17H15ClN4O6. The largest absolute Gasteiger partial charge is 0.482 e. The number of amides is 3. The molecule has 28 heavy (non-hydrogen) atoms. The first-order valence-electron chi connectivity index (χ1n) is 7.84. The second-order valence-corrected chi connectivity index (χ2v) is 5.71. The highest BCUT2D eigenvalue weighted by atomic mass is 35.5. The summed E-state index contributed by atoms with van der Waals surface area (Å²) in [6, 6.07) is 11.6. The van der Waals surface area contributed by atoms with Gasteiger partial charge in [0.1, 0.15) is 5.75 Å². The van der Waals surface area contributed by atoms with E-state index in [1.807, 2.05) is 0 Å².